The molecule has 6 heterocycles. The van der Waals surface area contributed by atoms with Gasteiger partial charge in [0.1, 0.15) is 11.4 Å². The van der Waals surface area contributed by atoms with Crippen LogP contribution in [-0.2, 0) is 0 Å². The van der Waals surface area contributed by atoms with Crippen molar-refractivity contribution in [3.8, 4) is 68.0 Å². The van der Waals surface area contributed by atoms with Crippen molar-refractivity contribution in [2.75, 3.05) is 0 Å². The Morgan fingerprint density at radius 1 is 0.222 bits per heavy atom. The second-order valence-corrected chi connectivity index (χ2v) is 25.1. The number of aromatic nitrogens is 7. The summed E-state index contributed by atoms with van der Waals surface area (Å²) in [5.41, 5.74) is 26.6. The Kier molecular flexibility index (Phi) is 11.9. The summed E-state index contributed by atoms with van der Waals surface area (Å²) >= 11 is 0. The highest BCUT2D eigenvalue weighted by Crippen LogP contribution is 2.50. The molecule has 0 bridgehead atoms. The van der Waals surface area contributed by atoms with Gasteiger partial charge in [0, 0.05) is 65.3 Å². The van der Waals surface area contributed by atoms with Crippen molar-refractivity contribution in [1.29, 1.82) is 0 Å². The lowest BCUT2D eigenvalue weighted by atomic mass is 9.97. The highest BCUT2D eigenvalue weighted by Gasteiger charge is 2.33. The van der Waals surface area contributed by atoms with Crippen molar-refractivity contribution in [1.82, 2.24) is 33.2 Å². The minimum atomic E-state index is 0.660. The number of hydrogen-bond acceptors (Lipinski definition) is 3. The molecule has 7 heteroatoms. The van der Waals surface area contributed by atoms with Crippen LogP contribution in [0.4, 0.5) is 0 Å². The van der Waals surface area contributed by atoms with E-state index in [4.69, 9.17) is 15.0 Å². The summed E-state index contributed by atoms with van der Waals surface area (Å²) < 4.78 is 10.0. The predicted molar refractivity (Wildman–Crippen MR) is 377 cm³/mol. The van der Waals surface area contributed by atoms with E-state index in [1.807, 2.05) is 6.07 Å². The van der Waals surface area contributed by atoms with Crippen LogP contribution in [0.3, 0.4) is 0 Å². The van der Waals surface area contributed by atoms with Gasteiger partial charge in [0.25, 0.3) is 0 Å². The van der Waals surface area contributed by atoms with Crippen LogP contribution in [0.25, 0.3) is 155 Å². The Morgan fingerprint density at radius 2 is 0.500 bits per heavy atom. The molecule has 0 fully saturated rings. The van der Waals surface area contributed by atoms with Crippen LogP contribution in [0.2, 0.25) is 0 Å². The highest BCUT2D eigenvalue weighted by atomic mass is 15.2. The van der Waals surface area contributed by atoms with Crippen LogP contribution in [-0.4, -0.2) is 33.2 Å². The summed E-state index contributed by atoms with van der Waals surface area (Å²) in [6.07, 6.45) is 0. The van der Waals surface area contributed by atoms with E-state index in [9.17, 15) is 0 Å². The highest BCUT2D eigenvalue weighted by molar-refractivity contribution is 6.16. The summed E-state index contributed by atoms with van der Waals surface area (Å²) in [6.45, 7) is 17.6. The molecule has 0 amide bonds. The second kappa shape index (κ2) is 20.2. The molecule has 11 aromatic carbocycles. The number of nitrogens with zero attached hydrogens (tertiary/aromatic N) is 7. The van der Waals surface area contributed by atoms with Gasteiger partial charge in [0.2, 0.25) is 0 Å². The van der Waals surface area contributed by atoms with Crippen molar-refractivity contribution in [3.63, 3.8) is 0 Å². The normalized spacial score (nSPS) is 12.0. The monoisotopic (exact) mass is 1160 g/mol. The maximum Gasteiger partial charge on any atom is 0.165 e. The van der Waals surface area contributed by atoms with E-state index in [1.165, 1.54) is 87.6 Å². The van der Waals surface area contributed by atoms with Crippen LogP contribution in [0.5, 0.6) is 0 Å². The fraction of sp³-hybridized carbons (Fsp3) is 0.0964. The molecule has 0 radical (unpaired) electrons. The summed E-state index contributed by atoms with van der Waals surface area (Å²) in [5.74, 6) is 2.25. The molecule has 90 heavy (non-hydrogen) atoms. The second-order valence-electron chi connectivity index (χ2n) is 25.1. The molecule has 6 aromatic heterocycles. The van der Waals surface area contributed by atoms with E-state index >= 15 is 0 Å². The first-order valence-corrected chi connectivity index (χ1v) is 31.1. The minimum absolute atomic E-state index is 0.660. The largest absolute Gasteiger partial charge is 0.305 e. The third-order valence-electron chi connectivity index (χ3n) is 18.6. The van der Waals surface area contributed by atoms with E-state index in [1.54, 1.807) is 0 Å². The Morgan fingerprint density at radius 3 is 0.833 bits per heavy atom. The lowest BCUT2D eigenvalue weighted by Gasteiger charge is -2.27. The molecule has 0 unspecified atom stereocenters. The summed E-state index contributed by atoms with van der Waals surface area (Å²) in [5, 5.41) is 9.41. The van der Waals surface area contributed by atoms with Gasteiger partial charge in [-0.2, -0.15) is 0 Å². The zero-order chi connectivity index (χ0) is 60.8. The molecule has 7 nitrogen and oxygen atoms in total. The maximum absolute atomic E-state index is 6.58. The van der Waals surface area contributed by atoms with Crippen LogP contribution >= 0.6 is 0 Å². The molecule has 0 aliphatic rings. The molecule has 0 atom stereocenters. The average Bonchev–Trinajstić information content (AvgIpc) is 1.36. The van der Waals surface area contributed by atoms with Crippen molar-refractivity contribution in [3.05, 3.63) is 281 Å². The fourth-order valence-corrected chi connectivity index (χ4v) is 14.4. The summed E-state index contributed by atoms with van der Waals surface area (Å²) in [4.78, 5) is 17.4. The zero-order valence-corrected chi connectivity index (χ0v) is 51.6. The molecule has 430 valence electrons. The number of benzene rings is 11. The lowest BCUT2D eigenvalue weighted by Crippen LogP contribution is -2.16. The first kappa shape index (κ1) is 53.1. The van der Waals surface area contributed by atoms with Crippen LogP contribution in [0.1, 0.15) is 44.5 Å². The lowest BCUT2D eigenvalue weighted by molar-refractivity contribution is 0.960. The average molecular weight is 1160 g/mol. The Hall–Kier alpha value is -11.2. The third kappa shape index (κ3) is 8.30. The number of pyridine rings is 1. The number of rotatable bonds is 8. The zero-order valence-electron chi connectivity index (χ0n) is 51.6. The topological polar surface area (TPSA) is 58.4 Å². The number of fused-ring (bicyclic) bond motifs is 12. The van der Waals surface area contributed by atoms with Gasteiger partial charge >= 0.3 is 0 Å². The van der Waals surface area contributed by atoms with Gasteiger partial charge in [0.05, 0.1) is 55.5 Å². The fourth-order valence-electron chi connectivity index (χ4n) is 14.4. The molecule has 0 spiro atoms. The quantitative estimate of drug-likeness (QED) is 0.152. The molecule has 0 saturated carbocycles. The van der Waals surface area contributed by atoms with Gasteiger partial charge in [-0.15, -0.1) is 0 Å². The molecule has 0 aliphatic carbocycles. The van der Waals surface area contributed by atoms with E-state index in [2.05, 4.69) is 304 Å². The summed E-state index contributed by atoms with van der Waals surface area (Å²) in [6, 6.07) is 87.7. The van der Waals surface area contributed by atoms with E-state index < -0.39 is 0 Å². The third-order valence-corrected chi connectivity index (χ3v) is 18.6. The standard InChI is InChI=1S/C83H63N7/c1-48-22-30-70-60(38-48)61-39-49(2)23-31-71(61)87(70)79-78(59-21-15-20-58(46-59)69-47-68(56-16-11-9-12-17-56)84-81(85-69)57-18-13-10-14-19-57)80(88-72-32-24-50(3)40-62(72)63-41-51(4)25-33-73(63)88)83(90-76-36-28-54(7)44-66(76)67-45-55(8)29-37-77(67)90)86-82(79)89-74-34-26-52(5)42-64(74)65-43-53(6)27-35-75(65)89/h9-47H,1-8H3. The smallest absolute Gasteiger partial charge is 0.165 e. The van der Waals surface area contributed by atoms with Crippen molar-refractivity contribution >= 4 is 87.2 Å². The Bertz CT molecular complexity index is 5300. The molecular formula is C83H63N7. The van der Waals surface area contributed by atoms with Gasteiger partial charge < -0.3 is 9.13 Å². The van der Waals surface area contributed by atoms with E-state index in [0.29, 0.717) is 5.82 Å². The molecule has 17 aromatic rings. The predicted octanol–water partition coefficient (Wildman–Crippen LogP) is 21.4. The van der Waals surface area contributed by atoms with Crippen molar-refractivity contribution < 1.29 is 0 Å². The first-order valence-electron chi connectivity index (χ1n) is 31.1. The molecule has 0 aliphatic heterocycles. The molecule has 0 saturated heterocycles. The van der Waals surface area contributed by atoms with Gasteiger partial charge in [-0.1, -0.05) is 172 Å². The molecular weight excluding hydrogens is 1090 g/mol. The van der Waals surface area contributed by atoms with Gasteiger partial charge in [-0.25, -0.2) is 15.0 Å². The van der Waals surface area contributed by atoms with Crippen LogP contribution in [0.15, 0.2) is 237 Å². The molecule has 0 N–H and O–H groups in total. The number of hydrogen-bond donors (Lipinski definition) is 0. The van der Waals surface area contributed by atoms with Gasteiger partial charge in [-0.05, 0) is 170 Å². The van der Waals surface area contributed by atoms with Gasteiger partial charge in [-0.3, -0.25) is 9.13 Å². The van der Waals surface area contributed by atoms with E-state index in [0.717, 1.165) is 106 Å². The SMILES string of the molecule is Cc1ccc2c(c1)c1cc(C)ccc1n2-c1nc(-n2c3ccc(C)cc3c3cc(C)ccc32)c(-n2c3ccc(C)cc3c3cc(C)ccc32)c(-c2cccc(-c3cc(-c4ccccc4)nc(-c4ccccc4)n3)c2)c1-n1c2ccc(C)cc2c2cc(C)ccc21. The Labute approximate surface area is 522 Å². The minimum Gasteiger partial charge on any atom is -0.305 e. The molecule has 17 rings (SSSR count). The first-order chi connectivity index (χ1) is 43.9. The van der Waals surface area contributed by atoms with Crippen LogP contribution < -0.4 is 0 Å². The van der Waals surface area contributed by atoms with E-state index in [-0.39, 0.29) is 0 Å². The van der Waals surface area contributed by atoms with Crippen LogP contribution in [0, 0.1) is 55.4 Å². The maximum atomic E-state index is 6.58. The van der Waals surface area contributed by atoms with Gasteiger partial charge in [0.15, 0.2) is 17.5 Å². The number of aryl methyl sites for hydroxylation is 8. The Balaban J connectivity index is 1.15. The van der Waals surface area contributed by atoms with Crippen molar-refractivity contribution in [2.45, 2.75) is 55.4 Å². The summed E-state index contributed by atoms with van der Waals surface area (Å²) in [7, 11) is 0. The van der Waals surface area contributed by atoms with Crippen molar-refractivity contribution in [2.24, 2.45) is 0 Å².